The predicted octanol–water partition coefficient (Wildman–Crippen LogP) is 6.04. The minimum Gasteiger partial charge on any atom is -0.316 e. The molecule has 1 fully saturated rings. The average Bonchev–Trinajstić information content (AvgIpc) is 2.45. The number of nitrogens with one attached hydrogen (secondary N) is 1. The zero-order chi connectivity index (χ0) is 15.9. The first-order valence-electron chi connectivity index (χ1n) is 9.57. The van der Waals surface area contributed by atoms with Crippen molar-refractivity contribution < 1.29 is 0 Å². The Kier molecular flexibility index (Phi) is 7.74. The Morgan fingerprint density at radius 3 is 2.05 bits per heavy atom. The highest BCUT2D eigenvalue weighted by molar-refractivity contribution is 4.91. The van der Waals surface area contributed by atoms with Crippen molar-refractivity contribution in [3.63, 3.8) is 0 Å². The highest BCUT2D eigenvalue weighted by Gasteiger charge is 2.39. The summed E-state index contributed by atoms with van der Waals surface area (Å²) in [6, 6.07) is 0. The van der Waals surface area contributed by atoms with Crippen molar-refractivity contribution in [1.29, 1.82) is 0 Å². The fourth-order valence-electron chi connectivity index (χ4n) is 4.27. The lowest BCUT2D eigenvalue weighted by molar-refractivity contribution is 0.0650. The van der Waals surface area contributed by atoms with Crippen LogP contribution in [-0.4, -0.2) is 13.1 Å². The van der Waals surface area contributed by atoms with Gasteiger partial charge in [-0.15, -0.1) is 0 Å². The van der Waals surface area contributed by atoms with Crippen LogP contribution in [0.1, 0.15) is 92.9 Å². The summed E-state index contributed by atoms with van der Waals surface area (Å²) in [6.45, 7) is 16.8. The van der Waals surface area contributed by atoms with Gasteiger partial charge in [0, 0.05) is 6.54 Å². The van der Waals surface area contributed by atoms with Gasteiger partial charge in [-0.05, 0) is 67.7 Å². The first kappa shape index (κ1) is 19.0. The molecular formula is C20H41N. The maximum atomic E-state index is 3.75. The fourth-order valence-corrected chi connectivity index (χ4v) is 4.27. The lowest BCUT2D eigenvalue weighted by Gasteiger charge is -2.46. The van der Waals surface area contributed by atoms with Crippen LogP contribution in [-0.2, 0) is 0 Å². The molecule has 1 saturated carbocycles. The monoisotopic (exact) mass is 295 g/mol. The van der Waals surface area contributed by atoms with Gasteiger partial charge in [-0.2, -0.15) is 0 Å². The maximum absolute atomic E-state index is 3.75. The molecule has 0 aliphatic heterocycles. The molecule has 0 spiro atoms. The number of rotatable bonds is 8. The van der Waals surface area contributed by atoms with Crippen molar-refractivity contribution in [2.24, 2.45) is 22.7 Å². The molecular weight excluding hydrogens is 254 g/mol. The van der Waals surface area contributed by atoms with E-state index in [0.717, 1.165) is 11.8 Å². The maximum Gasteiger partial charge on any atom is 0.000791 e. The first-order valence-corrected chi connectivity index (χ1v) is 9.57. The van der Waals surface area contributed by atoms with E-state index >= 15 is 0 Å². The average molecular weight is 296 g/mol. The second kappa shape index (κ2) is 8.56. The van der Waals surface area contributed by atoms with E-state index < -0.39 is 0 Å². The fraction of sp³-hybridized carbons (Fsp3) is 1.00. The van der Waals surface area contributed by atoms with Crippen molar-refractivity contribution in [1.82, 2.24) is 5.32 Å². The van der Waals surface area contributed by atoms with Gasteiger partial charge in [0.15, 0.2) is 0 Å². The first-order chi connectivity index (χ1) is 9.87. The third-order valence-electron chi connectivity index (χ3n) is 6.07. The Labute approximate surface area is 134 Å². The summed E-state index contributed by atoms with van der Waals surface area (Å²) in [5, 5.41) is 3.75. The lowest BCUT2D eigenvalue weighted by Crippen LogP contribution is -2.41. The molecule has 1 heteroatoms. The molecule has 0 bridgehead atoms. The van der Waals surface area contributed by atoms with Gasteiger partial charge in [0.05, 0.1) is 0 Å². The van der Waals surface area contributed by atoms with Gasteiger partial charge in [-0.25, -0.2) is 0 Å². The number of hydrogen-bond acceptors (Lipinski definition) is 1. The highest BCUT2D eigenvalue weighted by atomic mass is 14.9. The van der Waals surface area contributed by atoms with Gasteiger partial charge >= 0.3 is 0 Å². The standard InChI is InChI=1S/C20H41N/c1-7-14-21-16-20(15-17(8-2)9-3)12-10-18(11-13-20)19(4,5)6/h17-18,21H,7-16H2,1-6H3. The van der Waals surface area contributed by atoms with Gasteiger partial charge in [0.1, 0.15) is 0 Å². The summed E-state index contributed by atoms with van der Waals surface area (Å²) >= 11 is 0. The van der Waals surface area contributed by atoms with Crippen LogP contribution in [0.3, 0.4) is 0 Å². The SMILES string of the molecule is CCCNCC1(CC(CC)CC)CCC(C(C)(C)C)CC1. The van der Waals surface area contributed by atoms with E-state index in [4.69, 9.17) is 0 Å². The molecule has 0 aromatic carbocycles. The van der Waals surface area contributed by atoms with Crippen LogP contribution in [0.4, 0.5) is 0 Å². The van der Waals surface area contributed by atoms with Crippen molar-refractivity contribution in [3.05, 3.63) is 0 Å². The van der Waals surface area contributed by atoms with Crippen LogP contribution in [0.25, 0.3) is 0 Å². The molecule has 1 aliphatic carbocycles. The summed E-state index contributed by atoms with van der Waals surface area (Å²) in [4.78, 5) is 0. The van der Waals surface area contributed by atoms with Crippen LogP contribution in [0.15, 0.2) is 0 Å². The molecule has 0 saturated heterocycles. The van der Waals surface area contributed by atoms with E-state index in [1.165, 1.54) is 64.5 Å². The minimum absolute atomic E-state index is 0.498. The zero-order valence-electron chi connectivity index (χ0n) is 15.7. The minimum atomic E-state index is 0.498. The van der Waals surface area contributed by atoms with Gasteiger partial charge in [-0.3, -0.25) is 0 Å². The van der Waals surface area contributed by atoms with Crippen LogP contribution >= 0.6 is 0 Å². The molecule has 0 unspecified atom stereocenters. The molecule has 0 aromatic rings. The normalized spacial score (nSPS) is 27.3. The van der Waals surface area contributed by atoms with Crippen LogP contribution < -0.4 is 5.32 Å². The van der Waals surface area contributed by atoms with E-state index in [1.807, 2.05) is 0 Å². The molecule has 0 aromatic heterocycles. The van der Waals surface area contributed by atoms with Gasteiger partial charge in [0.25, 0.3) is 0 Å². The topological polar surface area (TPSA) is 12.0 Å². The molecule has 0 heterocycles. The van der Waals surface area contributed by atoms with Crippen molar-refractivity contribution in [2.45, 2.75) is 92.9 Å². The van der Waals surface area contributed by atoms with Crippen LogP contribution in [0.2, 0.25) is 0 Å². The molecule has 126 valence electrons. The smallest absolute Gasteiger partial charge is 0.000791 e. The highest BCUT2D eigenvalue weighted by Crippen LogP contribution is 2.48. The zero-order valence-corrected chi connectivity index (χ0v) is 15.7. The molecule has 21 heavy (non-hydrogen) atoms. The van der Waals surface area contributed by atoms with Crippen molar-refractivity contribution in [3.8, 4) is 0 Å². The summed E-state index contributed by atoms with van der Waals surface area (Å²) in [6.07, 6.45) is 11.2. The van der Waals surface area contributed by atoms with E-state index in [2.05, 4.69) is 46.9 Å². The van der Waals surface area contributed by atoms with E-state index in [-0.39, 0.29) is 0 Å². The molecule has 0 radical (unpaired) electrons. The third-order valence-corrected chi connectivity index (χ3v) is 6.07. The quantitative estimate of drug-likeness (QED) is 0.539. The molecule has 1 aliphatic rings. The van der Waals surface area contributed by atoms with Crippen molar-refractivity contribution >= 4 is 0 Å². The molecule has 1 nitrogen and oxygen atoms in total. The summed E-state index contributed by atoms with van der Waals surface area (Å²) < 4.78 is 0. The second-order valence-corrected chi connectivity index (χ2v) is 8.70. The molecule has 1 rings (SSSR count). The van der Waals surface area contributed by atoms with Gasteiger partial charge in [0.2, 0.25) is 0 Å². The molecule has 1 N–H and O–H groups in total. The Balaban J connectivity index is 2.66. The van der Waals surface area contributed by atoms with Gasteiger partial charge < -0.3 is 5.32 Å². The van der Waals surface area contributed by atoms with Gasteiger partial charge in [-0.1, -0.05) is 54.4 Å². The Hall–Kier alpha value is -0.0400. The Bertz CT molecular complexity index is 264. The van der Waals surface area contributed by atoms with Crippen molar-refractivity contribution in [2.75, 3.05) is 13.1 Å². The van der Waals surface area contributed by atoms with Crippen LogP contribution in [0.5, 0.6) is 0 Å². The predicted molar refractivity (Wildman–Crippen MR) is 95.7 cm³/mol. The van der Waals surface area contributed by atoms with E-state index in [0.29, 0.717) is 10.8 Å². The summed E-state index contributed by atoms with van der Waals surface area (Å²) in [7, 11) is 0. The summed E-state index contributed by atoms with van der Waals surface area (Å²) in [5.74, 6) is 1.86. The lowest BCUT2D eigenvalue weighted by atomic mass is 9.61. The largest absolute Gasteiger partial charge is 0.316 e. The van der Waals surface area contributed by atoms with Crippen LogP contribution in [0, 0.1) is 22.7 Å². The second-order valence-electron chi connectivity index (χ2n) is 8.70. The molecule has 0 atom stereocenters. The third kappa shape index (κ3) is 5.93. The van der Waals surface area contributed by atoms with E-state index in [1.54, 1.807) is 0 Å². The summed E-state index contributed by atoms with van der Waals surface area (Å²) in [5.41, 5.74) is 1.09. The Morgan fingerprint density at radius 1 is 1.05 bits per heavy atom. The number of hydrogen-bond donors (Lipinski definition) is 1. The molecule has 0 amide bonds. The Morgan fingerprint density at radius 2 is 1.62 bits per heavy atom. The van der Waals surface area contributed by atoms with E-state index in [9.17, 15) is 0 Å².